The van der Waals surface area contributed by atoms with E-state index >= 15 is 0 Å². The molecule has 1 N–H and O–H groups in total. The van der Waals surface area contributed by atoms with E-state index in [4.69, 9.17) is 11.6 Å². The van der Waals surface area contributed by atoms with Gasteiger partial charge in [0, 0.05) is 29.2 Å². The Bertz CT molecular complexity index is 1050. The van der Waals surface area contributed by atoms with Crippen LogP contribution < -0.4 is 5.32 Å². The van der Waals surface area contributed by atoms with Crippen LogP contribution in [-0.2, 0) is 17.8 Å². The lowest BCUT2D eigenvalue weighted by Crippen LogP contribution is -2.37. The zero-order chi connectivity index (χ0) is 20.2. The van der Waals surface area contributed by atoms with E-state index in [-0.39, 0.29) is 18.2 Å². The number of nitrogens with zero attached hydrogens (tertiary/aromatic N) is 1. The third-order valence-electron chi connectivity index (χ3n) is 5.11. The Balaban J connectivity index is 1.48. The molecule has 3 aromatic rings. The maximum atomic E-state index is 12.9. The van der Waals surface area contributed by atoms with Crippen LogP contribution >= 0.6 is 11.6 Å². The highest BCUT2D eigenvalue weighted by Gasteiger charge is 2.20. The lowest BCUT2D eigenvalue weighted by atomic mass is 10.00. The number of nitrogens with one attached hydrogen (secondary N) is 1. The highest BCUT2D eigenvalue weighted by molar-refractivity contribution is 6.31. The van der Waals surface area contributed by atoms with Crippen molar-refractivity contribution in [1.82, 2.24) is 4.90 Å². The van der Waals surface area contributed by atoms with E-state index in [0.29, 0.717) is 21.8 Å². The van der Waals surface area contributed by atoms with Crippen LogP contribution in [0.4, 0.5) is 5.69 Å². The summed E-state index contributed by atoms with van der Waals surface area (Å²) < 4.78 is 0. The molecule has 0 spiro atoms. The van der Waals surface area contributed by atoms with Gasteiger partial charge in [-0.15, -0.1) is 0 Å². The maximum Gasteiger partial charge on any atom is 0.238 e. The molecule has 29 heavy (non-hydrogen) atoms. The fourth-order valence-electron chi connectivity index (χ4n) is 3.64. The van der Waals surface area contributed by atoms with Crippen molar-refractivity contribution in [3.05, 3.63) is 100 Å². The summed E-state index contributed by atoms with van der Waals surface area (Å²) in [5.41, 5.74) is 4.03. The second-order valence-corrected chi connectivity index (χ2v) is 7.60. The number of carbonyl (C=O) groups is 2. The van der Waals surface area contributed by atoms with Crippen LogP contribution in [0.15, 0.2) is 72.8 Å². The molecule has 146 valence electrons. The molecule has 0 aliphatic carbocycles. The third-order valence-corrected chi connectivity index (χ3v) is 5.35. The molecule has 0 aromatic heterocycles. The molecule has 4 nitrogen and oxygen atoms in total. The van der Waals surface area contributed by atoms with E-state index in [1.807, 2.05) is 30.3 Å². The number of amides is 1. The van der Waals surface area contributed by atoms with Crippen LogP contribution in [0.5, 0.6) is 0 Å². The van der Waals surface area contributed by atoms with E-state index < -0.39 is 0 Å². The van der Waals surface area contributed by atoms with Gasteiger partial charge in [-0.25, -0.2) is 0 Å². The fourth-order valence-corrected chi connectivity index (χ4v) is 3.81. The molecule has 0 fully saturated rings. The van der Waals surface area contributed by atoms with Crippen molar-refractivity contribution in [3.8, 4) is 0 Å². The Morgan fingerprint density at radius 2 is 1.66 bits per heavy atom. The number of carbonyl (C=O) groups excluding carboxylic acids is 2. The number of anilines is 1. The van der Waals surface area contributed by atoms with Crippen molar-refractivity contribution >= 4 is 29.0 Å². The molecule has 5 heteroatoms. The number of fused-ring (bicyclic) bond motifs is 1. The lowest BCUT2D eigenvalue weighted by Gasteiger charge is -2.28. The topological polar surface area (TPSA) is 49.4 Å². The van der Waals surface area contributed by atoms with Gasteiger partial charge < -0.3 is 5.32 Å². The molecule has 3 aromatic carbocycles. The number of hydrogen-bond acceptors (Lipinski definition) is 3. The summed E-state index contributed by atoms with van der Waals surface area (Å²) in [7, 11) is 0. The first-order chi connectivity index (χ1) is 14.1. The number of halogens is 1. The van der Waals surface area contributed by atoms with Gasteiger partial charge in [-0.2, -0.15) is 0 Å². The minimum absolute atomic E-state index is 0.145. The van der Waals surface area contributed by atoms with E-state index in [1.165, 1.54) is 11.1 Å². The van der Waals surface area contributed by atoms with Crippen LogP contribution in [0.1, 0.15) is 27.0 Å². The average Bonchev–Trinajstić information content (AvgIpc) is 2.75. The Hall–Kier alpha value is -2.95. The molecule has 0 saturated heterocycles. The Kier molecular flexibility index (Phi) is 5.74. The first kappa shape index (κ1) is 19.4. The normalized spacial score (nSPS) is 13.6. The predicted octanol–water partition coefficient (Wildman–Crippen LogP) is 4.57. The molecule has 1 heterocycles. The zero-order valence-electron chi connectivity index (χ0n) is 15.9. The summed E-state index contributed by atoms with van der Waals surface area (Å²) in [4.78, 5) is 27.7. The van der Waals surface area contributed by atoms with Gasteiger partial charge >= 0.3 is 0 Å². The fraction of sp³-hybridized carbons (Fsp3) is 0.167. The molecule has 0 bridgehead atoms. The van der Waals surface area contributed by atoms with Gasteiger partial charge in [0.2, 0.25) is 5.91 Å². The van der Waals surface area contributed by atoms with Gasteiger partial charge in [0.05, 0.1) is 12.2 Å². The summed E-state index contributed by atoms with van der Waals surface area (Å²) in [6.07, 6.45) is 0.933. The quantitative estimate of drug-likeness (QED) is 0.634. The largest absolute Gasteiger partial charge is 0.324 e. The van der Waals surface area contributed by atoms with Crippen molar-refractivity contribution in [2.24, 2.45) is 0 Å². The average molecular weight is 405 g/mol. The van der Waals surface area contributed by atoms with Crippen LogP contribution in [0.2, 0.25) is 5.02 Å². The second-order valence-electron chi connectivity index (χ2n) is 7.16. The van der Waals surface area contributed by atoms with Crippen molar-refractivity contribution in [2.75, 3.05) is 18.4 Å². The van der Waals surface area contributed by atoms with Gasteiger partial charge in [0.15, 0.2) is 5.78 Å². The van der Waals surface area contributed by atoms with Crippen molar-refractivity contribution < 1.29 is 9.59 Å². The summed E-state index contributed by atoms with van der Waals surface area (Å²) in [6.45, 7) is 1.86. The maximum absolute atomic E-state index is 12.9. The summed E-state index contributed by atoms with van der Waals surface area (Å²) in [5, 5.41) is 3.35. The number of ketones is 1. The molecular weight excluding hydrogens is 384 g/mol. The molecule has 0 radical (unpaired) electrons. The van der Waals surface area contributed by atoms with Crippen molar-refractivity contribution in [1.29, 1.82) is 0 Å². The lowest BCUT2D eigenvalue weighted by molar-refractivity contribution is -0.117. The van der Waals surface area contributed by atoms with Gasteiger partial charge in [-0.3, -0.25) is 14.5 Å². The van der Waals surface area contributed by atoms with E-state index in [9.17, 15) is 9.59 Å². The van der Waals surface area contributed by atoms with Crippen LogP contribution in [0, 0.1) is 0 Å². The van der Waals surface area contributed by atoms with Crippen LogP contribution in [-0.4, -0.2) is 29.7 Å². The zero-order valence-corrected chi connectivity index (χ0v) is 16.7. The predicted molar refractivity (Wildman–Crippen MR) is 115 cm³/mol. The van der Waals surface area contributed by atoms with Gasteiger partial charge in [-0.05, 0) is 35.7 Å². The number of rotatable bonds is 5. The molecule has 1 aliphatic rings. The Labute approximate surface area is 175 Å². The SMILES string of the molecule is O=C(CN1CCc2ccccc2C1)Nc1ccc(Cl)cc1C(=O)c1ccccc1. The smallest absolute Gasteiger partial charge is 0.238 e. The Morgan fingerprint density at radius 3 is 2.45 bits per heavy atom. The minimum atomic E-state index is -0.171. The Morgan fingerprint density at radius 1 is 0.931 bits per heavy atom. The van der Waals surface area contributed by atoms with Crippen molar-refractivity contribution in [3.63, 3.8) is 0 Å². The van der Waals surface area contributed by atoms with Gasteiger partial charge in [0.1, 0.15) is 0 Å². The molecular formula is C24H21ClN2O2. The van der Waals surface area contributed by atoms with Crippen molar-refractivity contribution in [2.45, 2.75) is 13.0 Å². The third kappa shape index (κ3) is 4.56. The van der Waals surface area contributed by atoms with Crippen LogP contribution in [0.25, 0.3) is 0 Å². The monoisotopic (exact) mass is 404 g/mol. The highest BCUT2D eigenvalue weighted by Crippen LogP contribution is 2.24. The second kappa shape index (κ2) is 8.60. The first-order valence-corrected chi connectivity index (χ1v) is 9.96. The summed E-state index contributed by atoms with van der Waals surface area (Å²) >= 11 is 6.12. The molecule has 4 rings (SSSR count). The van der Waals surface area contributed by atoms with Crippen LogP contribution in [0.3, 0.4) is 0 Å². The molecule has 1 amide bonds. The molecule has 0 unspecified atom stereocenters. The summed E-state index contributed by atoms with van der Waals surface area (Å²) in [6, 6.07) is 22.3. The van der Waals surface area contributed by atoms with E-state index in [1.54, 1.807) is 30.3 Å². The van der Waals surface area contributed by atoms with E-state index in [2.05, 4.69) is 22.3 Å². The molecule has 0 atom stereocenters. The van der Waals surface area contributed by atoms with Gasteiger partial charge in [-0.1, -0.05) is 66.2 Å². The van der Waals surface area contributed by atoms with Gasteiger partial charge in [0.25, 0.3) is 0 Å². The standard InChI is InChI=1S/C24H21ClN2O2/c25-20-10-11-22(21(14-20)24(29)18-7-2-1-3-8-18)26-23(28)16-27-13-12-17-6-4-5-9-19(17)15-27/h1-11,14H,12-13,15-16H2,(H,26,28). The molecule has 0 saturated carbocycles. The number of benzene rings is 3. The number of hydrogen-bond donors (Lipinski definition) is 1. The molecule has 1 aliphatic heterocycles. The summed E-state index contributed by atoms with van der Waals surface area (Å²) in [5.74, 6) is -0.316. The highest BCUT2D eigenvalue weighted by atomic mass is 35.5. The first-order valence-electron chi connectivity index (χ1n) is 9.58. The minimum Gasteiger partial charge on any atom is -0.324 e. The van der Waals surface area contributed by atoms with E-state index in [0.717, 1.165) is 19.5 Å².